The van der Waals surface area contributed by atoms with Gasteiger partial charge in [0.25, 0.3) is 0 Å². The number of rotatable bonds is 6. The fraction of sp³-hybridized carbons (Fsp3) is 0.519. The summed E-state index contributed by atoms with van der Waals surface area (Å²) in [6, 6.07) is 15.8. The van der Waals surface area contributed by atoms with Gasteiger partial charge in [-0.05, 0) is 36.6 Å². The maximum absolute atomic E-state index is 13.7. The molecule has 0 radical (unpaired) electrons. The number of alkyl halides is 3. The van der Waals surface area contributed by atoms with E-state index in [1.807, 2.05) is 35.0 Å². The van der Waals surface area contributed by atoms with Crippen LogP contribution in [0.1, 0.15) is 43.2 Å². The summed E-state index contributed by atoms with van der Waals surface area (Å²) in [5, 5.41) is 0. The number of hydrogen-bond donors (Lipinski definition) is 0. The van der Waals surface area contributed by atoms with E-state index in [0.717, 1.165) is 56.9 Å². The largest absolute Gasteiger partial charge is 0.416 e. The van der Waals surface area contributed by atoms with Crippen LogP contribution in [0.5, 0.6) is 0 Å². The van der Waals surface area contributed by atoms with Crippen LogP contribution in [0.4, 0.5) is 18.9 Å². The van der Waals surface area contributed by atoms with Crippen molar-refractivity contribution in [1.82, 2.24) is 9.80 Å². The van der Waals surface area contributed by atoms with Crippen molar-refractivity contribution in [3.63, 3.8) is 0 Å². The molecule has 0 spiro atoms. The molecule has 1 aliphatic carbocycles. The van der Waals surface area contributed by atoms with E-state index in [1.54, 1.807) is 6.07 Å². The van der Waals surface area contributed by atoms with Crippen molar-refractivity contribution >= 4 is 11.6 Å². The number of carbonyl (C=O) groups excluding carboxylic acids is 1. The Kier molecular flexibility index (Phi) is 7.51. The van der Waals surface area contributed by atoms with Gasteiger partial charge in [0, 0.05) is 52.0 Å². The predicted octanol–water partition coefficient (Wildman–Crippen LogP) is 5.19. The van der Waals surface area contributed by atoms with Gasteiger partial charge in [-0.1, -0.05) is 55.7 Å². The van der Waals surface area contributed by atoms with Crippen LogP contribution in [0.2, 0.25) is 0 Å². The molecule has 2 fully saturated rings. The smallest absolute Gasteiger partial charge is 0.369 e. The summed E-state index contributed by atoms with van der Waals surface area (Å²) in [6.45, 7) is 4.30. The third-order valence-electron chi connectivity index (χ3n) is 7.45. The zero-order valence-electron chi connectivity index (χ0n) is 19.9. The Morgan fingerprint density at radius 1 is 0.941 bits per heavy atom. The molecule has 0 unspecified atom stereocenters. The van der Waals surface area contributed by atoms with Crippen molar-refractivity contribution in [3.8, 4) is 0 Å². The zero-order valence-corrected chi connectivity index (χ0v) is 19.9. The number of nitrogens with zero attached hydrogens (tertiary/aromatic N) is 3. The second-order valence-electron chi connectivity index (χ2n) is 9.61. The van der Waals surface area contributed by atoms with Crippen molar-refractivity contribution < 1.29 is 18.0 Å². The van der Waals surface area contributed by atoms with E-state index in [2.05, 4.69) is 17.0 Å². The summed E-state index contributed by atoms with van der Waals surface area (Å²) in [4.78, 5) is 19.8. The highest BCUT2D eigenvalue weighted by atomic mass is 19.4. The van der Waals surface area contributed by atoms with Crippen molar-refractivity contribution in [2.75, 3.05) is 51.2 Å². The zero-order chi connectivity index (χ0) is 24.2. The molecule has 1 heterocycles. The Hall–Kier alpha value is -2.54. The normalized spacial score (nSPS) is 19.1. The third kappa shape index (κ3) is 5.40. The van der Waals surface area contributed by atoms with E-state index in [0.29, 0.717) is 25.3 Å². The second kappa shape index (κ2) is 10.4. The highest BCUT2D eigenvalue weighted by Gasteiger charge is 2.42. The van der Waals surface area contributed by atoms with Crippen molar-refractivity contribution in [3.05, 3.63) is 65.7 Å². The van der Waals surface area contributed by atoms with Crippen LogP contribution in [0, 0.1) is 0 Å². The summed E-state index contributed by atoms with van der Waals surface area (Å²) in [6.07, 6.45) is 0.801. The first-order valence-corrected chi connectivity index (χ1v) is 12.3. The van der Waals surface area contributed by atoms with Crippen LogP contribution < -0.4 is 4.90 Å². The summed E-state index contributed by atoms with van der Waals surface area (Å²) < 4.78 is 39.1. The number of hydrogen-bond acceptors (Lipinski definition) is 3. The van der Waals surface area contributed by atoms with Crippen LogP contribution in [0.25, 0.3) is 0 Å². The van der Waals surface area contributed by atoms with Gasteiger partial charge in [-0.3, -0.25) is 9.69 Å². The van der Waals surface area contributed by atoms with Crippen LogP contribution in [-0.4, -0.2) is 62.0 Å². The fourth-order valence-corrected chi connectivity index (χ4v) is 5.41. The topological polar surface area (TPSA) is 26.8 Å². The molecule has 7 heteroatoms. The predicted molar refractivity (Wildman–Crippen MR) is 129 cm³/mol. The molecular formula is C27H34F3N3O. The Balaban J connectivity index is 1.32. The Labute approximate surface area is 200 Å². The second-order valence-corrected chi connectivity index (χ2v) is 9.61. The van der Waals surface area contributed by atoms with Crippen LogP contribution in [-0.2, 0) is 16.4 Å². The molecule has 0 N–H and O–H groups in total. The molecule has 184 valence electrons. The van der Waals surface area contributed by atoms with Gasteiger partial charge in [0.15, 0.2) is 0 Å². The lowest BCUT2D eigenvalue weighted by atomic mass is 9.68. The van der Waals surface area contributed by atoms with Gasteiger partial charge in [-0.25, -0.2) is 0 Å². The Bertz CT molecular complexity index is 949. The monoisotopic (exact) mass is 473 g/mol. The molecule has 1 amide bonds. The average Bonchev–Trinajstić information content (AvgIpc) is 2.87. The van der Waals surface area contributed by atoms with E-state index in [9.17, 15) is 18.0 Å². The number of carbonyl (C=O) groups is 1. The quantitative estimate of drug-likeness (QED) is 0.578. The van der Waals surface area contributed by atoms with E-state index in [4.69, 9.17) is 0 Å². The van der Waals surface area contributed by atoms with E-state index >= 15 is 0 Å². The molecule has 4 rings (SSSR count). The van der Waals surface area contributed by atoms with Gasteiger partial charge in [-0.15, -0.1) is 0 Å². The van der Waals surface area contributed by atoms with Gasteiger partial charge < -0.3 is 9.80 Å². The lowest BCUT2D eigenvalue weighted by Crippen LogP contribution is -2.51. The number of amides is 1. The molecule has 0 aromatic heterocycles. The van der Waals surface area contributed by atoms with E-state index in [1.165, 1.54) is 18.6 Å². The highest BCUT2D eigenvalue weighted by molar-refractivity contribution is 5.88. The van der Waals surface area contributed by atoms with Crippen molar-refractivity contribution in [2.24, 2.45) is 0 Å². The summed E-state index contributed by atoms with van der Waals surface area (Å²) in [5.41, 5.74) is 0.712. The van der Waals surface area contributed by atoms with Crippen molar-refractivity contribution in [2.45, 2.75) is 43.7 Å². The molecule has 2 aromatic carbocycles. The first-order chi connectivity index (χ1) is 16.3. The molecule has 0 atom stereocenters. The van der Waals surface area contributed by atoms with Crippen LogP contribution >= 0.6 is 0 Å². The maximum atomic E-state index is 13.7. The molecule has 1 saturated carbocycles. The van der Waals surface area contributed by atoms with Crippen LogP contribution in [0.3, 0.4) is 0 Å². The SMILES string of the molecule is CN(CCN1CCN(c2cccc(C(F)(F)F)c2)CC1)C(=O)C1(c2ccccc2)CCCCC1. The number of benzene rings is 2. The molecule has 1 saturated heterocycles. The first-order valence-electron chi connectivity index (χ1n) is 12.3. The lowest BCUT2D eigenvalue weighted by Gasteiger charge is -2.40. The number of anilines is 1. The number of halogens is 3. The van der Waals surface area contributed by atoms with Gasteiger partial charge in [0.1, 0.15) is 0 Å². The Morgan fingerprint density at radius 2 is 1.62 bits per heavy atom. The van der Waals surface area contributed by atoms with E-state index < -0.39 is 17.2 Å². The third-order valence-corrected chi connectivity index (χ3v) is 7.45. The fourth-order valence-electron chi connectivity index (χ4n) is 5.41. The standard InChI is InChI=1S/C27H34F3N3O/c1-31(25(34)26(13-6-3-7-14-26)22-9-4-2-5-10-22)15-16-32-17-19-33(20-18-32)24-12-8-11-23(21-24)27(28,29)30/h2,4-5,8-12,21H,3,6-7,13-20H2,1H3. The number of piperazine rings is 1. The molecule has 4 nitrogen and oxygen atoms in total. The molecule has 2 aliphatic rings. The van der Waals surface area contributed by atoms with Crippen LogP contribution in [0.15, 0.2) is 54.6 Å². The summed E-state index contributed by atoms with van der Waals surface area (Å²) in [7, 11) is 1.90. The molecule has 34 heavy (non-hydrogen) atoms. The van der Waals surface area contributed by atoms with Gasteiger partial charge in [0.05, 0.1) is 11.0 Å². The average molecular weight is 474 g/mol. The minimum atomic E-state index is -4.33. The minimum absolute atomic E-state index is 0.209. The first kappa shape index (κ1) is 24.6. The summed E-state index contributed by atoms with van der Waals surface area (Å²) >= 11 is 0. The lowest BCUT2D eigenvalue weighted by molar-refractivity contribution is -0.138. The van der Waals surface area contributed by atoms with Gasteiger partial charge in [0.2, 0.25) is 5.91 Å². The molecule has 1 aliphatic heterocycles. The molecule has 2 aromatic rings. The maximum Gasteiger partial charge on any atom is 0.416 e. The van der Waals surface area contributed by atoms with Gasteiger partial charge >= 0.3 is 6.18 Å². The minimum Gasteiger partial charge on any atom is -0.369 e. The summed E-state index contributed by atoms with van der Waals surface area (Å²) in [5.74, 6) is 0.209. The van der Waals surface area contributed by atoms with E-state index in [-0.39, 0.29) is 5.91 Å². The van der Waals surface area contributed by atoms with Crippen molar-refractivity contribution in [1.29, 1.82) is 0 Å². The van der Waals surface area contributed by atoms with Gasteiger partial charge in [-0.2, -0.15) is 13.2 Å². The Morgan fingerprint density at radius 3 is 2.26 bits per heavy atom. The molecule has 0 bridgehead atoms. The number of likely N-dealkylation sites (N-methyl/N-ethyl adjacent to an activating group) is 1. The highest BCUT2D eigenvalue weighted by Crippen LogP contribution is 2.41. The molecular weight excluding hydrogens is 439 g/mol.